The number of aromatic hydroxyl groups is 1. The maximum Gasteiger partial charge on any atom is 0.226 e. The molecule has 0 spiro atoms. The van der Waals surface area contributed by atoms with E-state index in [4.69, 9.17) is 5.11 Å². The standard InChI is InChI=1S/C14H19NO2/c1-14(8-2-3-9-14)13(17)15-10-11-4-6-12(16)7-5-11/h4-7,16H,2-3,8-10H2,1H3,(H,15,17). The van der Waals surface area contributed by atoms with Gasteiger partial charge < -0.3 is 10.4 Å². The van der Waals surface area contributed by atoms with Crippen molar-refractivity contribution in [1.29, 1.82) is 0 Å². The molecule has 0 atom stereocenters. The molecule has 1 aliphatic carbocycles. The first kappa shape index (κ1) is 12.0. The lowest BCUT2D eigenvalue weighted by Crippen LogP contribution is -2.36. The fourth-order valence-corrected chi connectivity index (χ4v) is 2.39. The summed E-state index contributed by atoms with van der Waals surface area (Å²) < 4.78 is 0. The van der Waals surface area contributed by atoms with Crippen LogP contribution in [0, 0.1) is 5.41 Å². The molecule has 0 aliphatic heterocycles. The highest BCUT2D eigenvalue weighted by molar-refractivity contribution is 5.82. The van der Waals surface area contributed by atoms with E-state index in [-0.39, 0.29) is 17.1 Å². The van der Waals surface area contributed by atoms with Gasteiger partial charge in [-0.25, -0.2) is 0 Å². The molecule has 2 N–H and O–H groups in total. The Morgan fingerprint density at radius 2 is 1.88 bits per heavy atom. The van der Waals surface area contributed by atoms with Crippen molar-refractivity contribution in [3.63, 3.8) is 0 Å². The topological polar surface area (TPSA) is 49.3 Å². The van der Waals surface area contributed by atoms with Crippen molar-refractivity contribution in [2.75, 3.05) is 0 Å². The second-order valence-electron chi connectivity index (χ2n) is 5.12. The molecule has 0 unspecified atom stereocenters. The summed E-state index contributed by atoms with van der Waals surface area (Å²) in [5, 5.41) is 12.1. The van der Waals surface area contributed by atoms with Crippen LogP contribution in [-0.2, 0) is 11.3 Å². The van der Waals surface area contributed by atoms with Gasteiger partial charge in [0, 0.05) is 12.0 Å². The summed E-state index contributed by atoms with van der Waals surface area (Å²) in [7, 11) is 0. The molecule has 0 heterocycles. The quantitative estimate of drug-likeness (QED) is 0.843. The van der Waals surface area contributed by atoms with Gasteiger partial charge in [0.15, 0.2) is 0 Å². The van der Waals surface area contributed by atoms with E-state index in [0.29, 0.717) is 6.54 Å². The number of phenolic OH excluding ortho intramolecular Hbond substituents is 1. The van der Waals surface area contributed by atoms with Gasteiger partial charge in [-0.15, -0.1) is 0 Å². The van der Waals surface area contributed by atoms with Crippen LogP contribution in [-0.4, -0.2) is 11.0 Å². The predicted molar refractivity (Wildman–Crippen MR) is 66.5 cm³/mol. The van der Waals surface area contributed by atoms with Crippen LogP contribution in [0.15, 0.2) is 24.3 Å². The highest BCUT2D eigenvalue weighted by atomic mass is 16.3. The fraction of sp³-hybridized carbons (Fsp3) is 0.500. The summed E-state index contributed by atoms with van der Waals surface area (Å²) in [6.07, 6.45) is 4.30. The van der Waals surface area contributed by atoms with Crippen molar-refractivity contribution < 1.29 is 9.90 Å². The number of hydrogen-bond donors (Lipinski definition) is 2. The highest BCUT2D eigenvalue weighted by Crippen LogP contribution is 2.37. The van der Waals surface area contributed by atoms with Crippen molar-refractivity contribution >= 4 is 5.91 Å². The molecule has 0 aromatic heterocycles. The molecule has 0 radical (unpaired) electrons. The van der Waals surface area contributed by atoms with Gasteiger partial charge in [0.2, 0.25) is 5.91 Å². The lowest BCUT2D eigenvalue weighted by Gasteiger charge is -2.22. The van der Waals surface area contributed by atoms with Gasteiger partial charge in [0.1, 0.15) is 5.75 Å². The zero-order valence-electron chi connectivity index (χ0n) is 10.2. The highest BCUT2D eigenvalue weighted by Gasteiger charge is 2.35. The van der Waals surface area contributed by atoms with Crippen molar-refractivity contribution in [2.24, 2.45) is 5.41 Å². The molecule has 2 rings (SSSR count). The SMILES string of the molecule is CC1(C(=O)NCc2ccc(O)cc2)CCCC1. The van der Waals surface area contributed by atoms with E-state index in [0.717, 1.165) is 31.2 Å². The minimum absolute atomic E-state index is 0.156. The average Bonchev–Trinajstić information content (AvgIpc) is 2.76. The third kappa shape index (κ3) is 2.78. The molecule has 3 heteroatoms. The van der Waals surface area contributed by atoms with Gasteiger partial charge >= 0.3 is 0 Å². The number of phenols is 1. The summed E-state index contributed by atoms with van der Waals surface area (Å²) in [4.78, 5) is 12.0. The number of carbonyl (C=O) groups is 1. The third-order valence-corrected chi connectivity index (χ3v) is 3.64. The van der Waals surface area contributed by atoms with Gasteiger partial charge in [0.05, 0.1) is 0 Å². The molecule has 1 amide bonds. The van der Waals surface area contributed by atoms with Crippen LogP contribution >= 0.6 is 0 Å². The predicted octanol–water partition coefficient (Wildman–Crippen LogP) is 2.59. The van der Waals surface area contributed by atoms with E-state index in [1.165, 1.54) is 0 Å². The normalized spacial score (nSPS) is 17.9. The van der Waals surface area contributed by atoms with Gasteiger partial charge in [-0.05, 0) is 30.5 Å². The van der Waals surface area contributed by atoms with Gasteiger partial charge in [0.25, 0.3) is 0 Å². The van der Waals surface area contributed by atoms with Crippen LogP contribution in [0.3, 0.4) is 0 Å². The van der Waals surface area contributed by atoms with Gasteiger partial charge in [-0.2, -0.15) is 0 Å². The van der Waals surface area contributed by atoms with Crippen molar-refractivity contribution in [3.8, 4) is 5.75 Å². The monoisotopic (exact) mass is 233 g/mol. The van der Waals surface area contributed by atoms with Crippen molar-refractivity contribution in [3.05, 3.63) is 29.8 Å². The summed E-state index contributed by atoms with van der Waals surface area (Å²) in [6.45, 7) is 2.58. The number of hydrogen-bond acceptors (Lipinski definition) is 2. The first-order chi connectivity index (χ1) is 8.10. The number of rotatable bonds is 3. The van der Waals surface area contributed by atoms with E-state index < -0.39 is 0 Å². The Morgan fingerprint density at radius 3 is 2.47 bits per heavy atom. The minimum Gasteiger partial charge on any atom is -0.508 e. The molecule has 1 aromatic rings. The first-order valence-electron chi connectivity index (χ1n) is 6.16. The molecule has 3 nitrogen and oxygen atoms in total. The van der Waals surface area contributed by atoms with E-state index in [9.17, 15) is 4.79 Å². The molecule has 0 bridgehead atoms. The van der Waals surface area contributed by atoms with Crippen LogP contribution < -0.4 is 5.32 Å². The average molecular weight is 233 g/mol. The van der Waals surface area contributed by atoms with Gasteiger partial charge in [-0.3, -0.25) is 4.79 Å². The molecule has 92 valence electrons. The van der Waals surface area contributed by atoms with E-state index in [1.807, 2.05) is 19.1 Å². The first-order valence-corrected chi connectivity index (χ1v) is 6.16. The van der Waals surface area contributed by atoms with Crippen LogP contribution in [0.25, 0.3) is 0 Å². The minimum atomic E-state index is -0.170. The van der Waals surface area contributed by atoms with E-state index >= 15 is 0 Å². The van der Waals surface area contributed by atoms with Gasteiger partial charge in [-0.1, -0.05) is 31.9 Å². The molecular formula is C14H19NO2. The maximum atomic E-state index is 12.0. The number of amides is 1. The van der Waals surface area contributed by atoms with E-state index in [1.54, 1.807) is 12.1 Å². The zero-order chi connectivity index (χ0) is 12.3. The zero-order valence-corrected chi connectivity index (χ0v) is 10.2. The van der Waals surface area contributed by atoms with Crippen LogP contribution in [0.4, 0.5) is 0 Å². The Balaban J connectivity index is 1.89. The Kier molecular flexibility index (Phi) is 3.36. The Hall–Kier alpha value is -1.51. The molecule has 1 aliphatic rings. The van der Waals surface area contributed by atoms with Crippen molar-refractivity contribution in [2.45, 2.75) is 39.2 Å². The van der Waals surface area contributed by atoms with E-state index in [2.05, 4.69) is 5.32 Å². The molecule has 1 aromatic carbocycles. The number of nitrogens with one attached hydrogen (secondary N) is 1. The largest absolute Gasteiger partial charge is 0.508 e. The molecule has 0 saturated heterocycles. The fourth-order valence-electron chi connectivity index (χ4n) is 2.39. The summed E-state index contributed by atoms with van der Waals surface area (Å²) in [5.41, 5.74) is 0.842. The second kappa shape index (κ2) is 4.78. The number of carbonyl (C=O) groups excluding carboxylic acids is 1. The lowest BCUT2D eigenvalue weighted by atomic mass is 9.88. The van der Waals surface area contributed by atoms with Crippen LogP contribution in [0.5, 0.6) is 5.75 Å². The summed E-state index contributed by atoms with van der Waals surface area (Å²) in [6, 6.07) is 6.93. The molecular weight excluding hydrogens is 214 g/mol. The Morgan fingerprint density at radius 1 is 1.29 bits per heavy atom. The smallest absolute Gasteiger partial charge is 0.226 e. The Bertz CT molecular complexity index is 391. The summed E-state index contributed by atoms with van der Waals surface area (Å²) in [5.74, 6) is 0.408. The van der Waals surface area contributed by atoms with Crippen molar-refractivity contribution in [1.82, 2.24) is 5.32 Å². The summed E-state index contributed by atoms with van der Waals surface area (Å²) >= 11 is 0. The molecule has 1 saturated carbocycles. The Labute approximate surface area is 102 Å². The number of benzene rings is 1. The lowest BCUT2D eigenvalue weighted by molar-refractivity contribution is -0.130. The van der Waals surface area contributed by atoms with Crippen LogP contribution in [0.1, 0.15) is 38.2 Å². The second-order valence-corrected chi connectivity index (χ2v) is 5.12. The maximum absolute atomic E-state index is 12.0. The van der Waals surface area contributed by atoms with Crippen LogP contribution in [0.2, 0.25) is 0 Å². The molecule has 1 fully saturated rings. The molecule has 17 heavy (non-hydrogen) atoms. The third-order valence-electron chi connectivity index (χ3n) is 3.64.